The van der Waals surface area contributed by atoms with Crippen LogP contribution in [0.25, 0.3) is 22.1 Å². The molecule has 1 saturated heterocycles. The number of alkyl halides is 4. The summed E-state index contributed by atoms with van der Waals surface area (Å²) in [6.07, 6.45) is 2.12. The van der Waals surface area contributed by atoms with E-state index in [4.69, 9.17) is 15.7 Å². The summed E-state index contributed by atoms with van der Waals surface area (Å²) in [7, 11) is -2.12. The monoisotopic (exact) mass is 900 g/mol. The van der Waals surface area contributed by atoms with Crippen LogP contribution in [0.15, 0.2) is 46.2 Å². The second kappa shape index (κ2) is 16.8. The van der Waals surface area contributed by atoms with Crippen molar-refractivity contribution in [3.63, 3.8) is 0 Å². The van der Waals surface area contributed by atoms with Crippen molar-refractivity contribution in [3.8, 4) is 0 Å². The lowest BCUT2D eigenvalue weighted by Crippen LogP contribution is -2.37. The van der Waals surface area contributed by atoms with E-state index in [0.29, 0.717) is 62.8 Å². The number of nitrogens with one attached hydrogen (secondary N) is 1. The SMILES string of the molecule is CC(=O)N[C@@H]1CCN(S(=O)(=O)c2ccc3c(c2)nc(C(C)(C)C)n3CC2CCC(F)(F)CC2)C1.CC(C)(C)c1nc2cc(S(=O)(=O)Cl)ccc2n1CC1CCC(F)(F)CC1. The van der Waals surface area contributed by atoms with Gasteiger partial charge in [-0.1, -0.05) is 41.5 Å². The van der Waals surface area contributed by atoms with Crippen LogP contribution >= 0.6 is 10.7 Å². The number of benzene rings is 2. The number of hydrogen-bond acceptors (Lipinski definition) is 7. The number of carbonyl (C=O) groups excluding carboxylic acids is 1. The fraction of sp³-hybridized carbons (Fsp3) is 0.643. The first-order valence-electron chi connectivity index (χ1n) is 20.6. The molecule has 1 N–H and O–H groups in total. The average Bonchev–Trinajstić information content (AvgIpc) is 3.85. The number of hydrogen-bond donors (Lipinski definition) is 1. The molecule has 4 aromatic rings. The van der Waals surface area contributed by atoms with Gasteiger partial charge >= 0.3 is 0 Å². The van der Waals surface area contributed by atoms with E-state index in [0.717, 1.165) is 22.7 Å². The Bertz CT molecular complexity index is 2440. The Morgan fingerprint density at radius 2 is 1.15 bits per heavy atom. The van der Waals surface area contributed by atoms with E-state index in [1.54, 1.807) is 24.3 Å². The number of carbonyl (C=O) groups is 1. The molecule has 2 aromatic heterocycles. The highest BCUT2D eigenvalue weighted by Gasteiger charge is 2.38. The summed E-state index contributed by atoms with van der Waals surface area (Å²) >= 11 is 0. The van der Waals surface area contributed by atoms with Gasteiger partial charge in [-0.05, 0) is 80.3 Å². The van der Waals surface area contributed by atoms with Crippen LogP contribution in [0.1, 0.15) is 118 Å². The lowest BCUT2D eigenvalue weighted by Gasteiger charge is -2.30. The second-order valence-corrected chi connectivity index (χ2v) is 23.5. The van der Waals surface area contributed by atoms with Gasteiger partial charge in [-0.2, -0.15) is 4.31 Å². The number of rotatable bonds is 8. The Hall–Kier alpha value is -3.28. The number of imidazole rings is 2. The van der Waals surface area contributed by atoms with Gasteiger partial charge in [0.1, 0.15) is 11.6 Å². The van der Waals surface area contributed by atoms with E-state index in [1.165, 1.54) is 23.4 Å². The van der Waals surface area contributed by atoms with Crippen molar-refractivity contribution in [3.05, 3.63) is 48.0 Å². The number of halogens is 5. The molecule has 1 amide bonds. The van der Waals surface area contributed by atoms with E-state index < -0.39 is 30.9 Å². The quantitative estimate of drug-likeness (QED) is 0.138. The van der Waals surface area contributed by atoms with Crippen molar-refractivity contribution < 1.29 is 39.2 Å². The van der Waals surface area contributed by atoms with Crippen LogP contribution in [0.3, 0.4) is 0 Å². The molecule has 0 spiro atoms. The van der Waals surface area contributed by atoms with Gasteiger partial charge < -0.3 is 14.5 Å². The second-order valence-electron chi connectivity index (χ2n) is 19.0. The molecule has 2 aliphatic carbocycles. The minimum absolute atomic E-state index is 0.00841. The molecule has 18 heteroatoms. The molecule has 332 valence electrons. The maximum absolute atomic E-state index is 13.6. The first kappa shape index (κ1) is 46.2. The molecule has 0 unspecified atom stereocenters. The molecule has 0 radical (unpaired) electrons. The zero-order valence-electron chi connectivity index (χ0n) is 35.4. The summed E-state index contributed by atoms with van der Waals surface area (Å²) in [5.74, 6) is -3.37. The smallest absolute Gasteiger partial charge is 0.261 e. The molecule has 3 aliphatic rings. The van der Waals surface area contributed by atoms with Crippen molar-refractivity contribution in [2.24, 2.45) is 11.8 Å². The van der Waals surface area contributed by atoms with Gasteiger partial charge in [0.2, 0.25) is 27.8 Å². The van der Waals surface area contributed by atoms with E-state index in [-0.39, 0.29) is 76.6 Å². The largest absolute Gasteiger partial charge is 0.352 e. The van der Waals surface area contributed by atoms with Crippen LogP contribution in [-0.4, -0.2) is 77.1 Å². The molecule has 1 atom stereocenters. The summed E-state index contributed by atoms with van der Waals surface area (Å²) in [4.78, 5) is 21.0. The van der Waals surface area contributed by atoms with Gasteiger partial charge in [0.15, 0.2) is 0 Å². The number of aromatic nitrogens is 4. The molecule has 60 heavy (non-hydrogen) atoms. The van der Waals surface area contributed by atoms with Crippen LogP contribution in [0, 0.1) is 11.8 Å². The zero-order valence-corrected chi connectivity index (χ0v) is 37.8. The Kier molecular flexibility index (Phi) is 12.9. The topological polar surface area (TPSA) is 136 Å². The molecular weight excluding hydrogens is 844 g/mol. The molecule has 11 nitrogen and oxygen atoms in total. The third kappa shape index (κ3) is 10.7. The third-order valence-electron chi connectivity index (χ3n) is 11.8. The standard InChI is InChI=1S/C24H34F2N4O3S.C18H23ClF2N2O2S/c1-16(31)27-18-9-12-29(15-18)34(32,33)19-5-6-21-20(13-19)28-22(23(2,3)4)30(21)14-17-7-10-24(25,26)11-8-17;1-17(2,3)16-22-14-10-13(26(19,24)25)4-5-15(14)23(16)11-12-6-8-18(20,21)9-7-12/h5-6,13,17-18H,7-12,14-15H2,1-4H3,(H,27,31);4-5,10,12H,6-9,11H2,1-3H3/t18-;/m1./s1. The van der Waals surface area contributed by atoms with Crippen molar-refractivity contribution in [1.29, 1.82) is 0 Å². The Balaban J connectivity index is 0.000000209. The minimum Gasteiger partial charge on any atom is -0.352 e. The van der Waals surface area contributed by atoms with E-state index in [1.807, 2.05) is 46.1 Å². The molecule has 3 fully saturated rings. The van der Waals surface area contributed by atoms with E-state index in [2.05, 4.69) is 14.9 Å². The highest BCUT2D eigenvalue weighted by molar-refractivity contribution is 8.13. The zero-order chi connectivity index (χ0) is 44.2. The number of fused-ring (bicyclic) bond motifs is 2. The Labute approximate surface area is 355 Å². The summed E-state index contributed by atoms with van der Waals surface area (Å²) in [6.45, 7) is 15.4. The van der Waals surface area contributed by atoms with Crippen molar-refractivity contribution >= 4 is 57.7 Å². The van der Waals surface area contributed by atoms with Gasteiger partial charge in [-0.15, -0.1) is 0 Å². The fourth-order valence-corrected chi connectivity index (χ4v) is 10.9. The van der Waals surface area contributed by atoms with Crippen LogP contribution < -0.4 is 5.32 Å². The number of amides is 1. The summed E-state index contributed by atoms with van der Waals surface area (Å²) in [5, 5.41) is 2.79. The van der Waals surface area contributed by atoms with Gasteiger partial charge in [0, 0.05) is 86.3 Å². The lowest BCUT2D eigenvalue weighted by molar-refractivity contribution is -0.119. The predicted molar refractivity (Wildman–Crippen MR) is 225 cm³/mol. The Morgan fingerprint density at radius 3 is 1.55 bits per heavy atom. The minimum atomic E-state index is -3.83. The summed E-state index contributed by atoms with van der Waals surface area (Å²) in [5.41, 5.74) is 2.20. The van der Waals surface area contributed by atoms with Crippen molar-refractivity contribution in [2.45, 2.75) is 158 Å². The van der Waals surface area contributed by atoms with E-state index >= 15 is 0 Å². The average molecular weight is 902 g/mol. The van der Waals surface area contributed by atoms with Gasteiger partial charge in [-0.3, -0.25) is 4.79 Å². The molecule has 0 bridgehead atoms. The molecular formula is C42H57ClF4N6O5S2. The number of nitrogens with zero attached hydrogens (tertiary/aromatic N) is 5. The first-order chi connectivity index (χ1) is 27.6. The lowest BCUT2D eigenvalue weighted by atomic mass is 9.86. The van der Waals surface area contributed by atoms with Crippen LogP contribution in [0.4, 0.5) is 17.6 Å². The third-order valence-corrected chi connectivity index (χ3v) is 15.0. The number of sulfonamides is 1. The van der Waals surface area contributed by atoms with Crippen LogP contribution in [0.5, 0.6) is 0 Å². The first-order valence-corrected chi connectivity index (χ1v) is 24.4. The molecule has 2 aromatic carbocycles. The highest BCUT2D eigenvalue weighted by atomic mass is 35.7. The Morgan fingerprint density at radius 1 is 0.733 bits per heavy atom. The van der Waals surface area contributed by atoms with Crippen molar-refractivity contribution in [1.82, 2.24) is 28.7 Å². The maximum atomic E-state index is 13.6. The van der Waals surface area contributed by atoms with Crippen LogP contribution in [-0.2, 0) is 47.8 Å². The maximum Gasteiger partial charge on any atom is 0.261 e. The predicted octanol–water partition coefficient (Wildman–Crippen LogP) is 9.15. The summed E-state index contributed by atoms with van der Waals surface area (Å²) < 4.78 is 109. The van der Waals surface area contributed by atoms with Crippen LogP contribution in [0.2, 0.25) is 0 Å². The van der Waals surface area contributed by atoms with Gasteiger partial charge in [0.25, 0.3) is 9.05 Å². The van der Waals surface area contributed by atoms with Gasteiger partial charge in [-0.25, -0.2) is 44.4 Å². The fourth-order valence-electron chi connectivity index (χ4n) is 8.63. The molecule has 7 rings (SSSR count). The molecule has 3 heterocycles. The van der Waals surface area contributed by atoms with Gasteiger partial charge in [0.05, 0.1) is 31.9 Å². The normalized spacial score (nSPS) is 21.0. The van der Waals surface area contributed by atoms with E-state index in [9.17, 15) is 39.2 Å². The highest BCUT2D eigenvalue weighted by Crippen LogP contribution is 2.40. The molecule has 1 aliphatic heterocycles. The molecule has 2 saturated carbocycles. The summed E-state index contributed by atoms with van der Waals surface area (Å²) in [6, 6.07) is 9.43. The van der Waals surface area contributed by atoms with Crippen molar-refractivity contribution in [2.75, 3.05) is 13.1 Å².